The van der Waals surface area contributed by atoms with Crippen molar-refractivity contribution in [3.63, 3.8) is 0 Å². The van der Waals surface area contributed by atoms with E-state index >= 15 is 0 Å². The summed E-state index contributed by atoms with van der Waals surface area (Å²) in [5.41, 5.74) is 0.619. The molecule has 96 valence electrons. The molecular formula is C15H30S. The molecule has 0 aromatic carbocycles. The lowest BCUT2D eigenvalue weighted by atomic mass is 9.70. The predicted molar refractivity (Wildman–Crippen MR) is 77.2 cm³/mol. The summed E-state index contributed by atoms with van der Waals surface area (Å²) in [6, 6.07) is 0. The summed E-state index contributed by atoms with van der Waals surface area (Å²) in [6.45, 7) is 9.68. The first-order valence-corrected chi connectivity index (χ1v) is 7.77. The molecule has 0 radical (unpaired) electrons. The molecule has 0 amide bonds. The van der Waals surface area contributed by atoms with Gasteiger partial charge in [-0.1, -0.05) is 34.1 Å². The highest BCUT2D eigenvalue weighted by Gasteiger charge is 2.41. The lowest BCUT2D eigenvalue weighted by molar-refractivity contribution is 0.156. The molecule has 2 atom stereocenters. The van der Waals surface area contributed by atoms with E-state index in [9.17, 15) is 0 Å². The largest absolute Gasteiger partial charge is 0.179 e. The van der Waals surface area contributed by atoms with E-state index < -0.39 is 0 Å². The third kappa shape index (κ3) is 3.98. The summed E-state index contributed by atoms with van der Waals surface area (Å²) in [7, 11) is 0. The van der Waals surface area contributed by atoms with E-state index in [1.54, 1.807) is 0 Å². The lowest BCUT2D eigenvalue weighted by Crippen LogP contribution is -2.25. The van der Waals surface area contributed by atoms with Gasteiger partial charge in [-0.05, 0) is 61.0 Å². The summed E-state index contributed by atoms with van der Waals surface area (Å²) >= 11 is 4.38. The highest BCUT2D eigenvalue weighted by Crippen LogP contribution is 2.52. The fourth-order valence-corrected chi connectivity index (χ4v) is 3.34. The molecule has 1 heteroatoms. The Morgan fingerprint density at radius 3 is 2.31 bits per heavy atom. The zero-order valence-corrected chi connectivity index (χ0v) is 12.5. The van der Waals surface area contributed by atoms with Crippen molar-refractivity contribution in [2.24, 2.45) is 23.2 Å². The zero-order chi connectivity index (χ0) is 12.2. The van der Waals surface area contributed by atoms with Crippen LogP contribution in [0.3, 0.4) is 0 Å². The second kappa shape index (κ2) is 6.33. The van der Waals surface area contributed by atoms with Gasteiger partial charge in [0.1, 0.15) is 0 Å². The normalized spacial score (nSPS) is 22.1. The minimum Gasteiger partial charge on any atom is -0.179 e. The first-order chi connectivity index (χ1) is 7.53. The molecule has 0 aromatic heterocycles. The molecule has 0 heterocycles. The molecule has 1 aliphatic rings. The van der Waals surface area contributed by atoms with Crippen LogP contribution in [0, 0.1) is 23.2 Å². The summed E-state index contributed by atoms with van der Waals surface area (Å²) in [5, 5.41) is 0. The van der Waals surface area contributed by atoms with Gasteiger partial charge in [0.05, 0.1) is 0 Å². The lowest BCUT2D eigenvalue weighted by Gasteiger charge is -2.35. The van der Waals surface area contributed by atoms with Crippen LogP contribution in [-0.2, 0) is 0 Å². The number of hydrogen-bond acceptors (Lipinski definition) is 1. The topological polar surface area (TPSA) is 0 Å². The molecule has 0 nitrogen and oxygen atoms in total. The van der Waals surface area contributed by atoms with Gasteiger partial charge in [-0.2, -0.15) is 12.6 Å². The Morgan fingerprint density at radius 1 is 1.31 bits per heavy atom. The van der Waals surface area contributed by atoms with Crippen molar-refractivity contribution in [2.75, 3.05) is 5.75 Å². The van der Waals surface area contributed by atoms with Gasteiger partial charge >= 0.3 is 0 Å². The van der Waals surface area contributed by atoms with Crippen LogP contribution in [0.1, 0.15) is 66.2 Å². The van der Waals surface area contributed by atoms with Gasteiger partial charge in [-0.25, -0.2) is 0 Å². The minimum atomic E-state index is 0.619. The monoisotopic (exact) mass is 242 g/mol. The van der Waals surface area contributed by atoms with Gasteiger partial charge < -0.3 is 0 Å². The van der Waals surface area contributed by atoms with Gasteiger partial charge in [0.2, 0.25) is 0 Å². The van der Waals surface area contributed by atoms with Gasteiger partial charge in [0.15, 0.2) is 0 Å². The van der Waals surface area contributed by atoms with Crippen LogP contribution in [0.15, 0.2) is 0 Å². The Morgan fingerprint density at radius 2 is 1.94 bits per heavy atom. The Balaban J connectivity index is 2.54. The van der Waals surface area contributed by atoms with Crippen LogP contribution in [0.2, 0.25) is 0 Å². The van der Waals surface area contributed by atoms with Crippen LogP contribution in [-0.4, -0.2) is 5.75 Å². The molecule has 0 bridgehead atoms. The fraction of sp³-hybridized carbons (Fsp3) is 1.00. The van der Waals surface area contributed by atoms with E-state index in [-0.39, 0.29) is 0 Å². The number of thiol groups is 1. The smallest absolute Gasteiger partial charge is 0.00977 e. The Hall–Kier alpha value is 0.350. The minimum absolute atomic E-state index is 0.619. The summed E-state index contributed by atoms with van der Waals surface area (Å²) in [5.74, 6) is 3.85. The fourth-order valence-electron chi connectivity index (χ4n) is 3.19. The molecule has 0 aromatic rings. The van der Waals surface area contributed by atoms with E-state index in [1.165, 1.54) is 38.5 Å². The van der Waals surface area contributed by atoms with Gasteiger partial charge in [-0.15, -0.1) is 0 Å². The first kappa shape index (κ1) is 14.4. The average Bonchev–Trinajstić information content (AvgIpc) is 3.06. The van der Waals surface area contributed by atoms with E-state index in [4.69, 9.17) is 0 Å². The van der Waals surface area contributed by atoms with Crippen LogP contribution < -0.4 is 0 Å². The third-order valence-corrected chi connectivity index (χ3v) is 4.98. The predicted octanol–water partition coefficient (Wildman–Crippen LogP) is 5.19. The van der Waals surface area contributed by atoms with E-state index in [0.29, 0.717) is 5.41 Å². The van der Waals surface area contributed by atoms with Gasteiger partial charge in [0.25, 0.3) is 0 Å². The molecule has 2 unspecified atom stereocenters. The van der Waals surface area contributed by atoms with E-state index in [2.05, 4.69) is 40.3 Å². The maximum Gasteiger partial charge on any atom is -0.00977 e. The molecule has 1 fully saturated rings. The second-order valence-corrected chi connectivity index (χ2v) is 6.82. The number of rotatable bonds is 8. The van der Waals surface area contributed by atoms with Crippen LogP contribution >= 0.6 is 12.6 Å². The third-order valence-electron chi connectivity index (χ3n) is 4.66. The van der Waals surface area contributed by atoms with Crippen molar-refractivity contribution < 1.29 is 0 Å². The van der Waals surface area contributed by atoms with Crippen molar-refractivity contribution in [3.05, 3.63) is 0 Å². The summed E-state index contributed by atoms with van der Waals surface area (Å²) < 4.78 is 0. The van der Waals surface area contributed by atoms with Crippen molar-refractivity contribution in [1.29, 1.82) is 0 Å². The molecular weight excluding hydrogens is 212 g/mol. The zero-order valence-electron chi connectivity index (χ0n) is 11.6. The van der Waals surface area contributed by atoms with E-state index in [1.807, 2.05) is 0 Å². The molecule has 0 saturated heterocycles. The van der Waals surface area contributed by atoms with E-state index in [0.717, 1.165) is 23.5 Å². The van der Waals surface area contributed by atoms with Crippen molar-refractivity contribution in [3.8, 4) is 0 Å². The molecule has 1 rings (SSSR count). The highest BCUT2D eigenvalue weighted by atomic mass is 32.1. The van der Waals surface area contributed by atoms with Crippen LogP contribution in [0.4, 0.5) is 0 Å². The Kier molecular flexibility index (Phi) is 5.70. The SMILES string of the molecule is CCC(CC(C)(CCCS)C1CC1)C(C)C. The second-order valence-electron chi connectivity index (χ2n) is 6.37. The molecule has 0 aliphatic heterocycles. The first-order valence-electron chi connectivity index (χ1n) is 7.14. The Bertz CT molecular complexity index is 196. The molecule has 0 spiro atoms. The van der Waals surface area contributed by atoms with Crippen molar-refractivity contribution in [2.45, 2.75) is 66.2 Å². The number of hydrogen-bond donors (Lipinski definition) is 1. The van der Waals surface area contributed by atoms with Crippen LogP contribution in [0.5, 0.6) is 0 Å². The maximum atomic E-state index is 4.38. The van der Waals surface area contributed by atoms with Crippen molar-refractivity contribution >= 4 is 12.6 Å². The molecule has 1 saturated carbocycles. The summed E-state index contributed by atoms with van der Waals surface area (Å²) in [4.78, 5) is 0. The quantitative estimate of drug-likeness (QED) is 0.557. The molecule has 16 heavy (non-hydrogen) atoms. The Labute approximate surface area is 108 Å². The standard InChI is InChI=1S/C15H30S/c1-5-13(12(2)3)11-15(4,9-6-10-16)14-7-8-14/h12-14,16H,5-11H2,1-4H3. The summed E-state index contributed by atoms with van der Waals surface area (Å²) in [6.07, 6.45) is 8.45. The maximum absolute atomic E-state index is 4.38. The van der Waals surface area contributed by atoms with Gasteiger partial charge in [0, 0.05) is 0 Å². The molecule has 1 aliphatic carbocycles. The average molecular weight is 242 g/mol. The molecule has 0 N–H and O–H groups in total. The van der Waals surface area contributed by atoms with Gasteiger partial charge in [-0.3, -0.25) is 0 Å². The van der Waals surface area contributed by atoms with Crippen molar-refractivity contribution in [1.82, 2.24) is 0 Å². The highest BCUT2D eigenvalue weighted by molar-refractivity contribution is 7.80. The van der Waals surface area contributed by atoms with Crippen LogP contribution in [0.25, 0.3) is 0 Å².